The Hall–Kier alpha value is -1.35. The van der Waals surface area contributed by atoms with E-state index in [-0.39, 0.29) is 17.8 Å². The molecule has 0 bridgehead atoms. The van der Waals surface area contributed by atoms with E-state index in [1.165, 1.54) is 5.56 Å². The summed E-state index contributed by atoms with van der Waals surface area (Å²) < 4.78 is 5.10. The lowest BCUT2D eigenvalue weighted by Crippen LogP contribution is -2.24. The van der Waals surface area contributed by atoms with Crippen molar-refractivity contribution in [1.29, 1.82) is 0 Å². The predicted octanol–water partition coefficient (Wildman–Crippen LogP) is 2.58. The Morgan fingerprint density at radius 1 is 1.28 bits per heavy atom. The summed E-state index contributed by atoms with van der Waals surface area (Å²) in [5.41, 5.74) is 1.21. The van der Waals surface area contributed by atoms with Gasteiger partial charge in [0, 0.05) is 19.0 Å². The number of benzene rings is 1. The molecule has 100 valence electrons. The van der Waals surface area contributed by atoms with Gasteiger partial charge in [-0.1, -0.05) is 44.2 Å². The van der Waals surface area contributed by atoms with Crippen LogP contribution in [0.5, 0.6) is 0 Å². The number of carbonyl (C=O) groups excluding carboxylic acids is 1. The summed E-state index contributed by atoms with van der Waals surface area (Å²) in [6.45, 7) is 7.88. The van der Waals surface area contributed by atoms with E-state index in [4.69, 9.17) is 4.74 Å². The summed E-state index contributed by atoms with van der Waals surface area (Å²) in [6, 6.07) is 10.2. The molecule has 1 aliphatic heterocycles. The first kappa shape index (κ1) is 14.7. The van der Waals surface area contributed by atoms with Gasteiger partial charge in [-0.15, -0.1) is 0 Å². The Labute approximate surface area is 110 Å². The van der Waals surface area contributed by atoms with Crippen molar-refractivity contribution in [3.8, 4) is 0 Å². The average Bonchev–Trinajstić information content (AvgIpc) is 2.92. The van der Waals surface area contributed by atoms with E-state index < -0.39 is 0 Å². The summed E-state index contributed by atoms with van der Waals surface area (Å²) in [5, 5.41) is 3.26. The second kappa shape index (κ2) is 7.88. The second-order valence-electron chi connectivity index (χ2n) is 4.03. The van der Waals surface area contributed by atoms with Crippen molar-refractivity contribution >= 4 is 5.97 Å². The van der Waals surface area contributed by atoms with Gasteiger partial charge in [-0.25, -0.2) is 0 Å². The van der Waals surface area contributed by atoms with Crippen LogP contribution in [0.1, 0.15) is 32.3 Å². The Bertz CT molecular complexity index is 351. The smallest absolute Gasteiger partial charge is 0.310 e. The van der Waals surface area contributed by atoms with Crippen LogP contribution in [-0.4, -0.2) is 25.7 Å². The van der Waals surface area contributed by atoms with Crippen LogP contribution < -0.4 is 5.32 Å². The van der Waals surface area contributed by atoms with Gasteiger partial charge in [0.2, 0.25) is 0 Å². The van der Waals surface area contributed by atoms with Crippen molar-refractivity contribution in [3.05, 3.63) is 35.9 Å². The Kier molecular flexibility index (Phi) is 6.44. The summed E-state index contributed by atoms with van der Waals surface area (Å²) in [6.07, 6.45) is 0. The molecule has 1 fully saturated rings. The molecule has 0 radical (unpaired) electrons. The fourth-order valence-corrected chi connectivity index (χ4v) is 2.23. The van der Waals surface area contributed by atoms with Crippen LogP contribution in [-0.2, 0) is 9.53 Å². The highest BCUT2D eigenvalue weighted by Gasteiger charge is 2.34. The van der Waals surface area contributed by atoms with E-state index in [1.54, 1.807) is 0 Å². The van der Waals surface area contributed by atoms with E-state index in [1.807, 2.05) is 39.0 Å². The molecule has 1 N–H and O–H groups in total. The number of nitrogens with one attached hydrogen (secondary N) is 1. The lowest BCUT2D eigenvalue weighted by atomic mass is 9.89. The van der Waals surface area contributed by atoms with Crippen LogP contribution in [0.25, 0.3) is 0 Å². The van der Waals surface area contributed by atoms with E-state index in [2.05, 4.69) is 17.4 Å². The monoisotopic (exact) mass is 249 g/mol. The molecule has 1 saturated heterocycles. The van der Waals surface area contributed by atoms with Crippen molar-refractivity contribution in [2.24, 2.45) is 5.92 Å². The van der Waals surface area contributed by atoms with Crippen molar-refractivity contribution in [2.45, 2.75) is 26.7 Å². The maximum atomic E-state index is 11.8. The van der Waals surface area contributed by atoms with Gasteiger partial charge in [0.25, 0.3) is 0 Å². The molecule has 3 nitrogen and oxygen atoms in total. The van der Waals surface area contributed by atoms with E-state index in [9.17, 15) is 4.79 Å². The van der Waals surface area contributed by atoms with E-state index in [0.717, 1.165) is 13.1 Å². The molecular formula is C15H23NO2. The minimum Gasteiger partial charge on any atom is -0.466 e. The predicted molar refractivity (Wildman–Crippen MR) is 73.5 cm³/mol. The summed E-state index contributed by atoms with van der Waals surface area (Å²) >= 11 is 0. The number of hydrogen-bond acceptors (Lipinski definition) is 3. The molecular weight excluding hydrogens is 226 g/mol. The molecule has 2 rings (SSSR count). The quantitative estimate of drug-likeness (QED) is 0.837. The first-order chi connectivity index (χ1) is 8.83. The molecule has 2 atom stereocenters. The molecule has 3 heteroatoms. The standard InChI is InChI=1S/C13H17NO2.C2H6/c1-2-16-13(15)12-9-14-8-11(12)10-6-4-3-5-7-10;1-2/h3-7,11-12,14H,2,8-9H2,1H3;1-2H3/t11-,12+;/m0./s1. The Balaban J connectivity index is 0.000000771. The van der Waals surface area contributed by atoms with Crippen molar-refractivity contribution in [2.75, 3.05) is 19.7 Å². The third-order valence-electron chi connectivity index (χ3n) is 3.03. The number of ether oxygens (including phenoxy) is 1. The number of esters is 1. The molecule has 0 amide bonds. The first-order valence-electron chi connectivity index (χ1n) is 6.75. The molecule has 1 aromatic carbocycles. The van der Waals surface area contributed by atoms with Crippen LogP contribution >= 0.6 is 0 Å². The highest BCUT2D eigenvalue weighted by Crippen LogP contribution is 2.28. The highest BCUT2D eigenvalue weighted by atomic mass is 16.5. The van der Waals surface area contributed by atoms with Gasteiger partial charge in [0.05, 0.1) is 12.5 Å². The fraction of sp³-hybridized carbons (Fsp3) is 0.533. The molecule has 1 heterocycles. The zero-order valence-electron chi connectivity index (χ0n) is 11.5. The molecule has 0 aromatic heterocycles. The highest BCUT2D eigenvalue weighted by molar-refractivity contribution is 5.74. The largest absolute Gasteiger partial charge is 0.466 e. The summed E-state index contributed by atoms with van der Waals surface area (Å²) in [4.78, 5) is 11.8. The van der Waals surface area contributed by atoms with Gasteiger partial charge in [0.15, 0.2) is 0 Å². The zero-order chi connectivity index (χ0) is 13.4. The van der Waals surface area contributed by atoms with Gasteiger partial charge in [-0.2, -0.15) is 0 Å². The molecule has 1 aliphatic rings. The van der Waals surface area contributed by atoms with Crippen LogP contribution in [0.4, 0.5) is 0 Å². The molecule has 0 aliphatic carbocycles. The van der Waals surface area contributed by atoms with Gasteiger partial charge >= 0.3 is 5.97 Å². The maximum Gasteiger partial charge on any atom is 0.310 e. The topological polar surface area (TPSA) is 38.3 Å². The molecule has 1 aromatic rings. The van der Waals surface area contributed by atoms with Crippen molar-refractivity contribution in [3.63, 3.8) is 0 Å². The van der Waals surface area contributed by atoms with Crippen LogP contribution in [0.3, 0.4) is 0 Å². The maximum absolute atomic E-state index is 11.8. The van der Waals surface area contributed by atoms with Gasteiger partial charge < -0.3 is 10.1 Å². The van der Waals surface area contributed by atoms with Crippen LogP contribution in [0.2, 0.25) is 0 Å². The number of carbonyl (C=O) groups is 1. The molecule has 0 spiro atoms. The Morgan fingerprint density at radius 2 is 1.94 bits per heavy atom. The van der Waals surface area contributed by atoms with Gasteiger partial charge in [0.1, 0.15) is 0 Å². The van der Waals surface area contributed by atoms with Crippen molar-refractivity contribution < 1.29 is 9.53 Å². The lowest BCUT2D eigenvalue weighted by Gasteiger charge is -2.17. The normalized spacial score (nSPS) is 21.9. The minimum atomic E-state index is -0.0821. The summed E-state index contributed by atoms with van der Waals surface area (Å²) in [5.74, 6) is 0.129. The number of hydrogen-bond donors (Lipinski definition) is 1. The molecule has 0 saturated carbocycles. The SMILES string of the molecule is CC.CCOC(=O)[C@@H]1CNC[C@H]1c1ccccc1. The average molecular weight is 249 g/mol. The number of rotatable bonds is 3. The van der Waals surface area contributed by atoms with Crippen LogP contribution in [0.15, 0.2) is 30.3 Å². The molecule has 0 unspecified atom stereocenters. The Morgan fingerprint density at radius 3 is 2.56 bits per heavy atom. The van der Waals surface area contributed by atoms with Crippen molar-refractivity contribution in [1.82, 2.24) is 5.32 Å². The minimum absolute atomic E-state index is 0.0395. The summed E-state index contributed by atoms with van der Waals surface area (Å²) in [7, 11) is 0. The second-order valence-corrected chi connectivity index (χ2v) is 4.03. The third-order valence-corrected chi connectivity index (χ3v) is 3.03. The van der Waals surface area contributed by atoms with E-state index >= 15 is 0 Å². The van der Waals surface area contributed by atoms with Gasteiger partial charge in [-0.05, 0) is 12.5 Å². The van der Waals surface area contributed by atoms with Gasteiger partial charge in [-0.3, -0.25) is 4.79 Å². The molecule has 18 heavy (non-hydrogen) atoms. The lowest BCUT2D eigenvalue weighted by molar-refractivity contribution is -0.147. The first-order valence-corrected chi connectivity index (χ1v) is 6.75. The van der Waals surface area contributed by atoms with Crippen LogP contribution in [0, 0.1) is 5.92 Å². The third kappa shape index (κ3) is 3.57. The zero-order valence-corrected chi connectivity index (χ0v) is 11.5. The fourth-order valence-electron chi connectivity index (χ4n) is 2.23. The van der Waals surface area contributed by atoms with E-state index in [0.29, 0.717) is 6.61 Å².